The van der Waals surface area contributed by atoms with Gasteiger partial charge in [-0.15, -0.1) is 0 Å². The summed E-state index contributed by atoms with van der Waals surface area (Å²) >= 11 is 0. The number of aromatic nitrogens is 2. The van der Waals surface area contributed by atoms with Crippen LogP contribution in [-0.4, -0.2) is 86.0 Å². The highest BCUT2D eigenvalue weighted by molar-refractivity contribution is 5.77. The lowest BCUT2D eigenvalue weighted by Crippen LogP contribution is -2.66. The molecule has 3 saturated heterocycles. The van der Waals surface area contributed by atoms with Gasteiger partial charge in [-0.25, -0.2) is 9.97 Å². The molecule has 1 atom stereocenters. The molecule has 0 saturated carbocycles. The van der Waals surface area contributed by atoms with E-state index in [2.05, 4.69) is 14.9 Å². The summed E-state index contributed by atoms with van der Waals surface area (Å²) in [7, 11) is 3.94. The van der Waals surface area contributed by atoms with Crippen LogP contribution in [0.25, 0.3) is 0 Å². The molecule has 3 fully saturated rings. The van der Waals surface area contributed by atoms with Gasteiger partial charge in [0.1, 0.15) is 30.2 Å². The second-order valence-corrected chi connectivity index (χ2v) is 8.03. The van der Waals surface area contributed by atoms with Crippen LogP contribution in [0.4, 0.5) is 11.6 Å². The Morgan fingerprint density at radius 3 is 2.85 bits per heavy atom. The van der Waals surface area contributed by atoms with E-state index < -0.39 is 0 Å². The molecule has 0 unspecified atom stereocenters. The first-order valence-corrected chi connectivity index (χ1v) is 9.82. The van der Waals surface area contributed by atoms with Gasteiger partial charge in [-0.2, -0.15) is 0 Å². The van der Waals surface area contributed by atoms with Crippen molar-refractivity contribution < 1.29 is 14.3 Å². The summed E-state index contributed by atoms with van der Waals surface area (Å²) in [5, 5.41) is 0. The molecule has 1 aromatic heterocycles. The zero-order valence-electron chi connectivity index (χ0n) is 16.3. The molecule has 1 spiro atoms. The van der Waals surface area contributed by atoms with Gasteiger partial charge in [-0.3, -0.25) is 4.79 Å². The van der Waals surface area contributed by atoms with Crippen LogP contribution in [0.3, 0.4) is 0 Å². The van der Waals surface area contributed by atoms with E-state index in [1.54, 1.807) is 6.33 Å². The van der Waals surface area contributed by atoms with E-state index in [1.165, 1.54) is 0 Å². The molecule has 8 nitrogen and oxygen atoms in total. The summed E-state index contributed by atoms with van der Waals surface area (Å²) in [6.45, 7) is 4.24. The molecule has 1 aromatic rings. The van der Waals surface area contributed by atoms with Gasteiger partial charge >= 0.3 is 0 Å². The number of likely N-dealkylation sites (tertiary alicyclic amines) is 1. The molecule has 3 aliphatic rings. The van der Waals surface area contributed by atoms with E-state index in [4.69, 9.17) is 9.47 Å². The van der Waals surface area contributed by atoms with Gasteiger partial charge in [-0.05, 0) is 19.3 Å². The number of hydrogen-bond acceptors (Lipinski definition) is 7. The van der Waals surface area contributed by atoms with Crippen LogP contribution < -0.4 is 9.80 Å². The zero-order chi connectivity index (χ0) is 18.9. The molecular formula is C19H29N5O3. The SMILES string of the molecule is CN(C)c1cc(N2CC3(C[C@H](OCC(=O)N4CCCC4)CCO3)C2)ncn1. The Labute approximate surface area is 160 Å². The zero-order valence-corrected chi connectivity index (χ0v) is 16.3. The van der Waals surface area contributed by atoms with Gasteiger partial charge in [0, 0.05) is 46.3 Å². The van der Waals surface area contributed by atoms with Crippen LogP contribution in [0.1, 0.15) is 25.7 Å². The lowest BCUT2D eigenvalue weighted by atomic mass is 9.84. The van der Waals surface area contributed by atoms with Crippen LogP contribution in [0.15, 0.2) is 12.4 Å². The van der Waals surface area contributed by atoms with Gasteiger partial charge in [0.15, 0.2) is 0 Å². The summed E-state index contributed by atoms with van der Waals surface area (Å²) in [4.78, 5) is 27.0. The van der Waals surface area contributed by atoms with Crippen molar-refractivity contribution in [1.29, 1.82) is 0 Å². The van der Waals surface area contributed by atoms with Crippen molar-refractivity contribution in [2.24, 2.45) is 0 Å². The third-order valence-corrected chi connectivity index (χ3v) is 5.73. The van der Waals surface area contributed by atoms with Crippen molar-refractivity contribution in [3.63, 3.8) is 0 Å². The molecule has 27 heavy (non-hydrogen) atoms. The van der Waals surface area contributed by atoms with Crippen molar-refractivity contribution in [3.05, 3.63) is 12.4 Å². The Balaban J connectivity index is 1.29. The molecule has 0 aliphatic carbocycles. The Bertz CT molecular complexity index is 671. The van der Waals surface area contributed by atoms with Gasteiger partial charge in [0.2, 0.25) is 5.91 Å². The molecule has 3 aliphatic heterocycles. The van der Waals surface area contributed by atoms with Crippen molar-refractivity contribution in [1.82, 2.24) is 14.9 Å². The highest BCUT2D eigenvalue weighted by atomic mass is 16.5. The largest absolute Gasteiger partial charge is 0.371 e. The van der Waals surface area contributed by atoms with Crippen LogP contribution in [0.5, 0.6) is 0 Å². The average molecular weight is 375 g/mol. The van der Waals surface area contributed by atoms with Crippen molar-refractivity contribution in [3.8, 4) is 0 Å². The summed E-state index contributed by atoms with van der Waals surface area (Å²) in [5.74, 6) is 1.95. The second-order valence-electron chi connectivity index (χ2n) is 8.03. The minimum Gasteiger partial charge on any atom is -0.371 e. The monoisotopic (exact) mass is 375 g/mol. The van der Waals surface area contributed by atoms with Crippen molar-refractivity contribution in [2.75, 3.05) is 63.3 Å². The van der Waals surface area contributed by atoms with Crippen molar-refractivity contribution >= 4 is 17.5 Å². The lowest BCUT2D eigenvalue weighted by Gasteiger charge is -2.53. The Kier molecular flexibility index (Phi) is 5.19. The Morgan fingerprint density at radius 1 is 1.33 bits per heavy atom. The van der Waals surface area contributed by atoms with Gasteiger partial charge < -0.3 is 24.2 Å². The number of hydrogen-bond donors (Lipinski definition) is 0. The Hall–Kier alpha value is -1.93. The molecule has 4 rings (SSSR count). The first-order chi connectivity index (χ1) is 13.0. The molecular weight excluding hydrogens is 346 g/mol. The fourth-order valence-corrected chi connectivity index (χ4v) is 4.16. The first-order valence-electron chi connectivity index (χ1n) is 9.82. The number of carbonyl (C=O) groups excluding carboxylic acids is 1. The number of carbonyl (C=O) groups is 1. The maximum absolute atomic E-state index is 12.2. The average Bonchev–Trinajstić information content (AvgIpc) is 3.19. The number of rotatable bonds is 5. The molecule has 8 heteroatoms. The fourth-order valence-electron chi connectivity index (χ4n) is 4.16. The normalized spacial score (nSPS) is 24.1. The van der Waals surface area contributed by atoms with Crippen LogP contribution in [-0.2, 0) is 14.3 Å². The summed E-state index contributed by atoms with van der Waals surface area (Å²) < 4.78 is 12.1. The smallest absolute Gasteiger partial charge is 0.248 e. The van der Waals surface area contributed by atoms with E-state index >= 15 is 0 Å². The molecule has 1 amide bonds. The third kappa shape index (κ3) is 4.01. The molecule has 0 bridgehead atoms. The maximum atomic E-state index is 12.2. The molecule has 0 aromatic carbocycles. The summed E-state index contributed by atoms with van der Waals surface area (Å²) in [6.07, 6.45) is 5.61. The highest BCUT2D eigenvalue weighted by Crippen LogP contribution is 2.37. The van der Waals surface area contributed by atoms with Gasteiger partial charge in [0.05, 0.1) is 19.2 Å². The van der Waals surface area contributed by atoms with Gasteiger partial charge in [0.25, 0.3) is 0 Å². The maximum Gasteiger partial charge on any atom is 0.248 e. The first kappa shape index (κ1) is 18.4. The summed E-state index contributed by atoms with van der Waals surface area (Å²) in [5.41, 5.74) is -0.178. The third-order valence-electron chi connectivity index (χ3n) is 5.73. The standard InChI is InChI=1S/C19H29N5O3/c1-22(2)16-9-17(21-14-20-16)24-12-19(13-24)10-15(5-8-27-19)26-11-18(25)23-6-3-4-7-23/h9,14-15H,3-8,10-13H2,1-2H3/t15-/m1/s1. The van der Waals surface area contributed by atoms with E-state index in [1.807, 2.05) is 30.0 Å². The van der Waals surface area contributed by atoms with Crippen LogP contribution in [0.2, 0.25) is 0 Å². The minimum atomic E-state index is -0.178. The Morgan fingerprint density at radius 2 is 2.11 bits per heavy atom. The van der Waals surface area contributed by atoms with E-state index in [-0.39, 0.29) is 24.2 Å². The predicted molar refractivity (Wildman–Crippen MR) is 102 cm³/mol. The molecule has 4 heterocycles. The molecule has 0 radical (unpaired) electrons. The van der Waals surface area contributed by atoms with E-state index in [0.717, 1.165) is 63.5 Å². The number of amides is 1. The second kappa shape index (κ2) is 7.59. The molecule has 148 valence electrons. The summed E-state index contributed by atoms with van der Waals surface area (Å²) in [6, 6.07) is 2.00. The van der Waals surface area contributed by atoms with E-state index in [0.29, 0.717) is 6.61 Å². The van der Waals surface area contributed by atoms with Crippen LogP contribution >= 0.6 is 0 Å². The number of anilines is 2. The molecule has 0 N–H and O–H groups in total. The van der Waals surface area contributed by atoms with E-state index in [9.17, 15) is 4.79 Å². The van der Waals surface area contributed by atoms with Crippen LogP contribution in [0, 0.1) is 0 Å². The number of ether oxygens (including phenoxy) is 2. The quantitative estimate of drug-likeness (QED) is 0.758. The minimum absolute atomic E-state index is 0.0928. The lowest BCUT2D eigenvalue weighted by molar-refractivity contribution is -0.157. The highest BCUT2D eigenvalue weighted by Gasteiger charge is 2.48. The topological polar surface area (TPSA) is 71.0 Å². The fraction of sp³-hybridized carbons (Fsp3) is 0.737. The number of nitrogens with zero attached hydrogens (tertiary/aromatic N) is 5. The predicted octanol–water partition coefficient (Wildman–Crippen LogP) is 0.919. The van der Waals surface area contributed by atoms with Gasteiger partial charge in [-0.1, -0.05) is 0 Å². The van der Waals surface area contributed by atoms with Crippen molar-refractivity contribution in [2.45, 2.75) is 37.4 Å².